The molecule has 0 spiro atoms. The first-order valence-electron chi connectivity index (χ1n) is 9.58. The largest absolute Gasteiger partial charge is 0.478 e. The number of carbonyl (C=O) groups is 1. The minimum absolute atomic E-state index is 0.0748. The van der Waals surface area contributed by atoms with E-state index in [1.807, 2.05) is 13.0 Å². The smallest absolute Gasteiger partial charge is 0.335 e. The number of sulfonamides is 1. The molecule has 0 aliphatic carbocycles. The standard InChI is InChI=1S/C23H21F2NO4S/c1-2-22(17-6-4-3-5-7-17)26(15-16-8-10-18(11-9-16)23(27)28)31(29,30)19-12-13-20(24)21(25)14-19/h3-14,22H,2,15H2,1H3,(H,27,28)/t22-/m0/s1. The van der Waals surface area contributed by atoms with Gasteiger partial charge in [-0.05, 0) is 47.9 Å². The van der Waals surface area contributed by atoms with Crippen LogP contribution in [-0.2, 0) is 16.6 Å². The molecule has 5 nitrogen and oxygen atoms in total. The molecular weight excluding hydrogens is 424 g/mol. The van der Waals surface area contributed by atoms with Gasteiger partial charge in [-0.3, -0.25) is 0 Å². The van der Waals surface area contributed by atoms with E-state index < -0.39 is 33.7 Å². The van der Waals surface area contributed by atoms with E-state index >= 15 is 0 Å². The first-order chi connectivity index (χ1) is 14.7. The van der Waals surface area contributed by atoms with Gasteiger partial charge in [0.15, 0.2) is 11.6 Å². The van der Waals surface area contributed by atoms with Gasteiger partial charge >= 0.3 is 5.97 Å². The minimum atomic E-state index is -4.21. The van der Waals surface area contributed by atoms with Crippen LogP contribution in [0.15, 0.2) is 77.7 Å². The SMILES string of the molecule is CC[C@@H](c1ccccc1)N(Cc1ccc(C(=O)O)cc1)S(=O)(=O)c1ccc(F)c(F)c1. The van der Waals surface area contributed by atoms with Crippen LogP contribution in [0.2, 0.25) is 0 Å². The molecule has 0 amide bonds. The summed E-state index contributed by atoms with van der Waals surface area (Å²) in [5, 5.41) is 9.09. The number of halogens is 2. The zero-order valence-corrected chi connectivity index (χ0v) is 17.5. The van der Waals surface area contributed by atoms with Gasteiger partial charge in [0.2, 0.25) is 10.0 Å². The summed E-state index contributed by atoms with van der Waals surface area (Å²) < 4.78 is 55.4. The highest BCUT2D eigenvalue weighted by Crippen LogP contribution is 2.32. The number of carboxylic acid groups (broad SMARTS) is 1. The monoisotopic (exact) mass is 445 g/mol. The second-order valence-electron chi connectivity index (χ2n) is 6.96. The molecular formula is C23H21F2NO4S. The predicted octanol–water partition coefficient (Wildman–Crippen LogP) is 5.01. The Labute approximate surface area is 179 Å². The first kappa shape index (κ1) is 22.6. The quantitative estimate of drug-likeness (QED) is 0.529. The maximum Gasteiger partial charge on any atom is 0.335 e. The van der Waals surface area contributed by atoms with Crippen LogP contribution in [0, 0.1) is 11.6 Å². The van der Waals surface area contributed by atoms with Crippen molar-refractivity contribution < 1.29 is 27.1 Å². The molecule has 1 N–H and O–H groups in total. The number of benzene rings is 3. The summed E-state index contributed by atoms with van der Waals surface area (Å²) in [6.45, 7) is 1.76. The van der Waals surface area contributed by atoms with Crippen molar-refractivity contribution in [1.29, 1.82) is 0 Å². The highest BCUT2D eigenvalue weighted by Gasteiger charge is 2.32. The molecule has 0 aliphatic heterocycles. The van der Waals surface area contributed by atoms with Gasteiger partial charge in [-0.1, -0.05) is 49.4 Å². The fraction of sp³-hybridized carbons (Fsp3) is 0.174. The molecule has 0 saturated heterocycles. The van der Waals surface area contributed by atoms with Crippen LogP contribution in [0.25, 0.3) is 0 Å². The Morgan fingerprint density at radius 1 is 0.968 bits per heavy atom. The topological polar surface area (TPSA) is 74.7 Å². The van der Waals surface area contributed by atoms with Crippen molar-refractivity contribution in [1.82, 2.24) is 4.31 Å². The molecule has 0 unspecified atom stereocenters. The highest BCUT2D eigenvalue weighted by atomic mass is 32.2. The number of rotatable bonds is 8. The zero-order valence-electron chi connectivity index (χ0n) is 16.7. The van der Waals surface area contributed by atoms with Gasteiger partial charge in [-0.15, -0.1) is 0 Å². The summed E-state index contributed by atoms with van der Waals surface area (Å²) in [4.78, 5) is 10.7. The number of nitrogens with zero attached hydrogens (tertiary/aromatic N) is 1. The van der Waals surface area contributed by atoms with Crippen molar-refractivity contribution in [2.45, 2.75) is 30.8 Å². The normalized spacial score (nSPS) is 12.6. The molecule has 0 heterocycles. The maximum absolute atomic E-state index is 13.8. The van der Waals surface area contributed by atoms with Crippen LogP contribution in [0.5, 0.6) is 0 Å². The molecule has 0 bridgehead atoms. The summed E-state index contributed by atoms with van der Waals surface area (Å²) in [5.41, 5.74) is 1.39. The highest BCUT2D eigenvalue weighted by molar-refractivity contribution is 7.89. The summed E-state index contributed by atoms with van der Waals surface area (Å²) in [7, 11) is -4.21. The number of hydrogen-bond acceptors (Lipinski definition) is 3. The second kappa shape index (κ2) is 9.36. The lowest BCUT2D eigenvalue weighted by Crippen LogP contribution is -2.34. The molecule has 3 aromatic carbocycles. The van der Waals surface area contributed by atoms with E-state index in [1.54, 1.807) is 24.3 Å². The lowest BCUT2D eigenvalue weighted by Gasteiger charge is -2.31. The molecule has 162 valence electrons. The van der Waals surface area contributed by atoms with Crippen molar-refractivity contribution in [3.8, 4) is 0 Å². The molecule has 0 aliphatic rings. The average Bonchev–Trinajstić information content (AvgIpc) is 2.76. The van der Waals surface area contributed by atoms with Gasteiger partial charge in [0.25, 0.3) is 0 Å². The molecule has 8 heteroatoms. The lowest BCUT2D eigenvalue weighted by molar-refractivity contribution is 0.0697. The number of hydrogen-bond donors (Lipinski definition) is 1. The van der Waals surface area contributed by atoms with Crippen LogP contribution in [-0.4, -0.2) is 23.8 Å². The average molecular weight is 445 g/mol. The van der Waals surface area contributed by atoms with Crippen molar-refractivity contribution in [3.05, 3.63) is 101 Å². The summed E-state index contributed by atoms with van der Waals surface area (Å²) in [5.74, 6) is -3.47. The molecule has 0 aromatic heterocycles. The van der Waals surface area contributed by atoms with Crippen LogP contribution >= 0.6 is 0 Å². The number of aromatic carboxylic acids is 1. The molecule has 31 heavy (non-hydrogen) atoms. The molecule has 3 aromatic rings. The molecule has 0 radical (unpaired) electrons. The summed E-state index contributed by atoms with van der Waals surface area (Å²) in [6.07, 6.45) is 0.431. The van der Waals surface area contributed by atoms with Crippen molar-refractivity contribution in [3.63, 3.8) is 0 Å². The lowest BCUT2D eigenvalue weighted by atomic mass is 10.0. The Balaban J connectivity index is 2.08. The van der Waals surface area contributed by atoms with Crippen LogP contribution in [0.3, 0.4) is 0 Å². The van der Waals surface area contributed by atoms with Crippen molar-refractivity contribution >= 4 is 16.0 Å². The second-order valence-corrected chi connectivity index (χ2v) is 8.85. The fourth-order valence-corrected chi connectivity index (χ4v) is 5.04. The van der Waals surface area contributed by atoms with E-state index in [4.69, 9.17) is 5.11 Å². The third-order valence-corrected chi connectivity index (χ3v) is 6.81. The fourth-order valence-electron chi connectivity index (χ4n) is 3.35. The van der Waals surface area contributed by atoms with Gasteiger partial charge < -0.3 is 5.11 Å². The Kier molecular flexibility index (Phi) is 6.82. The third-order valence-electron chi connectivity index (χ3n) is 4.96. The molecule has 3 rings (SSSR count). The van der Waals surface area contributed by atoms with Crippen LogP contribution in [0.1, 0.15) is 40.9 Å². The Morgan fingerprint density at radius 2 is 1.61 bits per heavy atom. The van der Waals surface area contributed by atoms with Crippen LogP contribution in [0.4, 0.5) is 8.78 Å². The van der Waals surface area contributed by atoms with E-state index in [1.165, 1.54) is 28.6 Å². The maximum atomic E-state index is 13.8. The van der Waals surface area contributed by atoms with Gasteiger partial charge in [0.05, 0.1) is 16.5 Å². The zero-order chi connectivity index (χ0) is 22.6. The van der Waals surface area contributed by atoms with E-state index in [9.17, 15) is 22.0 Å². The molecule has 0 saturated carbocycles. The van der Waals surface area contributed by atoms with E-state index in [0.717, 1.165) is 17.7 Å². The van der Waals surface area contributed by atoms with Gasteiger partial charge in [-0.25, -0.2) is 22.0 Å². The molecule has 1 atom stereocenters. The van der Waals surface area contributed by atoms with Gasteiger partial charge in [0.1, 0.15) is 0 Å². The van der Waals surface area contributed by atoms with E-state index in [2.05, 4.69) is 0 Å². The Bertz CT molecular complexity index is 1170. The first-order valence-corrected chi connectivity index (χ1v) is 11.0. The van der Waals surface area contributed by atoms with E-state index in [0.29, 0.717) is 18.1 Å². The Hall–Kier alpha value is -3.10. The summed E-state index contributed by atoms with van der Waals surface area (Å²) >= 11 is 0. The van der Waals surface area contributed by atoms with Crippen molar-refractivity contribution in [2.75, 3.05) is 0 Å². The van der Waals surface area contributed by atoms with Crippen molar-refractivity contribution in [2.24, 2.45) is 0 Å². The van der Waals surface area contributed by atoms with E-state index in [-0.39, 0.29) is 17.0 Å². The number of carboxylic acids is 1. The Morgan fingerprint density at radius 3 is 2.16 bits per heavy atom. The molecule has 0 fully saturated rings. The minimum Gasteiger partial charge on any atom is -0.478 e. The van der Waals surface area contributed by atoms with Gasteiger partial charge in [-0.2, -0.15) is 4.31 Å². The van der Waals surface area contributed by atoms with Gasteiger partial charge in [0, 0.05) is 6.54 Å². The third kappa shape index (κ3) is 4.98. The summed E-state index contributed by atoms with van der Waals surface area (Å²) in [6, 6.07) is 16.8. The van der Waals surface area contributed by atoms with Crippen LogP contribution < -0.4 is 0 Å². The predicted molar refractivity (Wildman–Crippen MR) is 112 cm³/mol.